The van der Waals surface area contributed by atoms with E-state index >= 15 is 0 Å². The molecular formula is C19H26FN5O2S. The number of hydrogen-bond acceptors (Lipinski definition) is 6. The lowest BCUT2D eigenvalue weighted by molar-refractivity contribution is 0.349. The molecule has 9 heteroatoms. The summed E-state index contributed by atoms with van der Waals surface area (Å²) >= 11 is 0. The number of allylic oxidation sites excluding steroid dienone is 5. The molecule has 0 radical (unpaired) electrons. The zero-order valence-electron chi connectivity index (χ0n) is 16.4. The van der Waals surface area contributed by atoms with Crippen LogP contribution in [0.4, 0.5) is 4.39 Å². The average molecular weight is 408 g/mol. The fourth-order valence-corrected chi connectivity index (χ4v) is 4.19. The molecule has 0 bridgehead atoms. The summed E-state index contributed by atoms with van der Waals surface area (Å²) in [7, 11) is -2.30. The molecule has 152 valence electrons. The van der Waals surface area contributed by atoms with Gasteiger partial charge in [-0.2, -0.15) is 0 Å². The Balaban J connectivity index is 2.59. The van der Waals surface area contributed by atoms with Crippen molar-refractivity contribution in [2.75, 3.05) is 26.8 Å². The number of halogens is 1. The molecule has 0 saturated heterocycles. The summed E-state index contributed by atoms with van der Waals surface area (Å²) in [5.41, 5.74) is 5.00. The number of alkyl halides is 1. The van der Waals surface area contributed by atoms with E-state index in [1.165, 1.54) is 25.4 Å². The third-order valence-corrected chi connectivity index (χ3v) is 6.11. The maximum atomic E-state index is 13.2. The molecule has 7 nitrogen and oxygen atoms in total. The van der Waals surface area contributed by atoms with Crippen molar-refractivity contribution in [3.63, 3.8) is 0 Å². The molecule has 0 aliphatic carbocycles. The molecule has 0 unspecified atom stereocenters. The summed E-state index contributed by atoms with van der Waals surface area (Å²) in [4.78, 5) is 8.32. The van der Waals surface area contributed by atoms with Crippen LogP contribution in [0.25, 0.3) is 0 Å². The molecule has 0 atom stereocenters. The summed E-state index contributed by atoms with van der Waals surface area (Å²) in [6.45, 7) is 7.32. The summed E-state index contributed by atoms with van der Waals surface area (Å²) < 4.78 is 39.3. The Hall–Kier alpha value is -2.52. The maximum Gasteiger partial charge on any atom is 0.206 e. The molecule has 28 heavy (non-hydrogen) atoms. The number of nitrogens with one attached hydrogen (secondary N) is 2. The summed E-state index contributed by atoms with van der Waals surface area (Å²) in [5.74, 6) is 0.252. The Kier molecular flexibility index (Phi) is 7.47. The van der Waals surface area contributed by atoms with Crippen molar-refractivity contribution in [3.8, 4) is 0 Å². The van der Waals surface area contributed by atoms with Gasteiger partial charge in [0.15, 0.2) is 5.82 Å². The van der Waals surface area contributed by atoms with Crippen molar-refractivity contribution in [2.45, 2.75) is 20.3 Å². The molecule has 2 heterocycles. The molecule has 0 amide bonds. The van der Waals surface area contributed by atoms with Crippen LogP contribution < -0.4 is 10.7 Å². The molecule has 0 fully saturated rings. The van der Waals surface area contributed by atoms with E-state index in [4.69, 9.17) is 0 Å². The first-order valence-electron chi connectivity index (χ1n) is 8.84. The minimum absolute atomic E-state index is 0.0351. The molecule has 0 spiro atoms. The molecule has 0 aromatic rings. The van der Waals surface area contributed by atoms with Crippen molar-refractivity contribution < 1.29 is 12.8 Å². The summed E-state index contributed by atoms with van der Waals surface area (Å²) in [6, 6.07) is 0. The van der Waals surface area contributed by atoms with Gasteiger partial charge in [0.05, 0.1) is 9.81 Å². The van der Waals surface area contributed by atoms with Crippen LogP contribution in [0.15, 0.2) is 67.3 Å². The van der Waals surface area contributed by atoms with E-state index in [1.54, 1.807) is 31.3 Å². The second-order valence-electron chi connectivity index (χ2n) is 6.23. The first-order chi connectivity index (χ1) is 13.4. The lowest BCUT2D eigenvalue weighted by Crippen LogP contribution is -2.43. The van der Waals surface area contributed by atoms with Crippen LogP contribution in [0.1, 0.15) is 20.3 Å². The van der Waals surface area contributed by atoms with Crippen LogP contribution in [0, 0.1) is 0 Å². The van der Waals surface area contributed by atoms with Crippen LogP contribution >= 0.6 is 0 Å². The Bertz CT molecular complexity index is 911. The van der Waals surface area contributed by atoms with Crippen molar-refractivity contribution in [1.29, 1.82) is 0 Å². The summed E-state index contributed by atoms with van der Waals surface area (Å²) in [5, 5.41) is 4.91. The number of hydrogen-bond donors (Lipinski definition) is 2. The van der Waals surface area contributed by atoms with Gasteiger partial charge in [0.2, 0.25) is 9.84 Å². The number of rotatable bonds is 7. The molecule has 0 aromatic carbocycles. The predicted octanol–water partition coefficient (Wildman–Crippen LogP) is 2.37. The number of sulfone groups is 1. The molecule has 2 aliphatic heterocycles. The van der Waals surface area contributed by atoms with Gasteiger partial charge in [-0.25, -0.2) is 22.8 Å². The van der Waals surface area contributed by atoms with E-state index < -0.39 is 16.5 Å². The lowest BCUT2D eigenvalue weighted by atomic mass is 10.1. The fourth-order valence-electron chi connectivity index (χ4n) is 2.81. The molecule has 2 rings (SSSR count). The highest BCUT2D eigenvalue weighted by Gasteiger charge is 2.30. The predicted molar refractivity (Wildman–Crippen MR) is 112 cm³/mol. The lowest BCUT2D eigenvalue weighted by Gasteiger charge is -2.34. The molecule has 0 saturated carbocycles. The quantitative estimate of drug-likeness (QED) is 0.384. The van der Waals surface area contributed by atoms with E-state index in [0.29, 0.717) is 13.0 Å². The minimum Gasteiger partial charge on any atom is -0.312 e. The van der Waals surface area contributed by atoms with Gasteiger partial charge in [-0.15, -0.1) is 0 Å². The second-order valence-corrected chi connectivity index (χ2v) is 8.32. The minimum atomic E-state index is -3.92. The Labute approximate surface area is 165 Å². The smallest absolute Gasteiger partial charge is 0.206 e. The number of aliphatic imine (C=N–C) groups is 2. The van der Waals surface area contributed by atoms with Gasteiger partial charge in [-0.1, -0.05) is 12.7 Å². The van der Waals surface area contributed by atoms with E-state index in [2.05, 4.69) is 27.3 Å². The Morgan fingerprint density at radius 2 is 2.29 bits per heavy atom. The Morgan fingerprint density at radius 1 is 1.54 bits per heavy atom. The zero-order chi connectivity index (χ0) is 20.7. The van der Waals surface area contributed by atoms with E-state index in [-0.39, 0.29) is 21.2 Å². The SMILES string of the molecule is C=C(/C=C(\C=C/C)S(=O)(=O)/C(C)=C1\N=CC2=C(CCNC2)N1NC=NC)CF. The third kappa shape index (κ3) is 4.66. The van der Waals surface area contributed by atoms with E-state index in [1.807, 2.05) is 0 Å². The average Bonchev–Trinajstić information content (AvgIpc) is 2.70. The molecule has 2 aliphatic rings. The van der Waals surface area contributed by atoms with Crippen molar-refractivity contribution >= 4 is 22.4 Å². The summed E-state index contributed by atoms with van der Waals surface area (Å²) in [6.07, 6.45) is 8.11. The van der Waals surface area contributed by atoms with Gasteiger partial charge in [-0.3, -0.25) is 10.4 Å². The maximum absolute atomic E-state index is 13.2. The van der Waals surface area contributed by atoms with E-state index in [0.717, 1.165) is 17.8 Å². The third-order valence-electron chi connectivity index (χ3n) is 4.24. The van der Waals surface area contributed by atoms with Crippen molar-refractivity contribution in [1.82, 2.24) is 15.8 Å². The number of hydrazine groups is 1. The van der Waals surface area contributed by atoms with Crippen LogP contribution in [0.5, 0.6) is 0 Å². The van der Waals surface area contributed by atoms with E-state index in [9.17, 15) is 12.8 Å². The molecule has 0 aromatic heterocycles. The topological polar surface area (TPSA) is 86.2 Å². The van der Waals surface area contributed by atoms with Crippen molar-refractivity contribution in [2.24, 2.45) is 9.98 Å². The standard InChI is InChI=1S/C19H26FN5O2S/c1-5-6-17(9-14(2)10-20)28(26,27)15(3)19-23-12-16-11-22-8-7-18(16)25(19)24-13-21-4/h5-6,9,12-13,22H,2,7-8,10-11H2,1,3-4H3,(H,21,24)/b6-5-,17-9+,19-15+. The Morgan fingerprint density at radius 3 is 2.93 bits per heavy atom. The van der Waals surface area contributed by atoms with Gasteiger partial charge < -0.3 is 5.32 Å². The van der Waals surface area contributed by atoms with Gasteiger partial charge >= 0.3 is 0 Å². The molecular weight excluding hydrogens is 381 g/mol. The van der Waals surface area contributed by atoms with Gasteiger partial charge in [0, 0.05) is 44.0 Å². The highest BCUT2D eigenvalue weighted by atomic mass is 32.2. The zero-order valence-corrected chi connectivity index (χ0v) is 17.2. The monoisotopic (exact) mass is 407 g/mol. The molecule has 2 N–H and O–H groups in total. The van der Waals surface area contributed by atoms with Crippen LogP contribution in [-0.2, 0) is 9.84 Å². The first kappa shape index (κ1) is 21.8. The largest absolute Gasteiger partial charge is 0.312 e. The van der Waals surface area contributed by atoms with Gasteiger partial charge in [0.1, 0.15) is 13.0 Å². The normalized spacial score (nSPS) is 20.1. The van der Waals surface area contributed by atoms with Crippen molar-refractivity contribution in [3.05, 3.63) is 57.3 Å². The fraction of sp³-hybridized carbons (Fsp3) is 0.368. The second kappa shape index (κ2) is 9.61. The highest BCUT2D eigenvalue weighted by molar-refractivity contribution is 7.99. The first-order valence-corrected chi connectivity index (χ1v) is 10.3. The van der Waals surface area contributed by atoms with Gasteiger partial charge in [-0.05, 0) is 31.6 Å². The number of nitrogens with zero attached hydrogens (tertiary/aromatic N) is 3. The highest BCUT2D eigenvalue weighted by Crippen LogP contribution is 2.30. The van der Waals surface area contributed by atoms with Crippen LogP contribution in [0.3, 0.4) is 0 Å². The van der Waals surface area contributed by atoms with Crippen LogP contribution in [0.2, 0.25) is 0 Å². The van der Waals surface area contributed by atoms with Crippen LogP contribution in [-0.4, -0.2) is 52.8 Å². The van der Waals surface area contributed by atoms with Gasteiger partial charge in [0.25, 0.3) is 0 Å².